The molecule has 0 bridgehead atoms. The second-order valence-electron chi connectivity index (χ2n) is 4.09. The number of nitrogens with one attached hydrogen (secondary N) is 1. The fraction of sp³-hybridized carbons (Fsp3) is 0.583. The SMILES string of the molecule is CNC(c1ncccc1F)C1CCOCC1. The zero-order chi connectivity index (χ0) is 11.4. The minimum atomic E-state index is -0.228. The lowest BCUT2D eigenvalue weighted by Gasteiger charge is -2.29. The van der Waals surface area contributed by atoms with Crippen LogP contribution in [0.3, 0.4) is 0 Å². The Bertz CT molecular complexity index is 340. The number of nitrogens with zero attached hydrogens (tertiary/aromatic N) is 1. The molecule has 1 N–H and O–H groups in total. The van der Waals surface area contributed by atoms with Crippen molar-refractivity contribution in [2.24, 2.45) is 5.92 Å². The number of rotatable bonds is 3. The van der Waals surface area contributed by atoms with Crippen LogP contribution >= 0.6 is 0 Å². The molecular formula is C12H17FN2O. The molecule has 1 aliphatic heterocycles. The van der Waals surface area contributed by atoms with E-state index in [1.54, 1.807) is 12.3 Å². The van der Waals surface area contributed by atoms with Gasteiger partial charge in [-0.3, -0.25) is 4.98 Å². The van der Waals surface area contributed by atoms with E-state index in [2.05, 4.69) is 10.3 Å². The Morgan fingerprint density at radius 3 is 2.88 bits per heavy atom. The van der Waals surface area contributed by atoms with Crippen molar-refractivity contribution in [3.05, 3.63) is 29.8 Å². The predicted octanol–water partition coefficient (Wildman–Crippen LogP) is 1.91. The summed E-state index contributed by atoms with van der Waals surface area (Å²) in [5, 5.41) is 3.17. The number of hydrogen-bond acceptors (Lipinski definition) is 3. The van der Waals surface area contributed by atoms with Gasteiger partial charge >= 0.3 is 0 Å². The first kappa shape index (κ1) is 11.5. The van der Waals surface area contributed by atoms with Crippen molar-refractivity contribution in [1.82, 2.24) is 10.3 Å². The zero-order valence-electron chi connectivity index (χ0n) is 9.45. The van der Waals surface area contributed by atoms with Gasteiger partial charge in [0, 0.05) is 19.4 Å². The molecule has 1 aromatic heterocycles. The van der Waals surface area contributed by atoms with Crippen molar-refractivity contribution >= 4 is 0 Å². The fourth-order valence-electron chi connectivity index (χ4n) is 2.27. The molecule has 88 valence electrons. The Balaban J connectivity index is 2.18. The van der Waals surface area contributed by atoms with E-state index in [4.69, 9.17) is 4.74 Å². The number of halogens is 1. The standard InChI is InChI=1S/C12H17FN2O/c1-14-11(9-4-7-16-8-5-9)12-10(13)3-2-6-15-12/h2-3,6,9,11,14H,4-5,7-8H2,1H3. The van der Waals surface area contributed by atoms with Gasteiger partial charge in [0.2, 0.25) is 0 Å². The van der Waals surface area contributed by atoms with Gasteiger partial charge in [0.1, 0.15) is 5.82 Å². The lowest BCUT2D eigenvalue weighted by atomic mass is 9.89. The Kier molecular flexibility index (Phi) is 3.85. The van der Waals surface area contributed by atoms with Crippen LogP contribution in [0.2, 0.25) is 0 Å². The first-order valence-corrected chi connectivity index (χ1v) is 5.68. The van der Waals surface area contributed by atoms with Crippen LogP contribution in [0.1, 0.15) is 24.6 Å². The third-order valence-corrected chi connectivity index (χ3v) is 3.13. The predicted molar refractivity (Wildman–Crippen MR) is 59.5 cm³/mol. The van der Waals surface area contributed by atoms with Gasteiger partial charge < -0.3 is 10.1 Å². The molecule has 1 saturated heterocycles. The summed E-state index contributed by atoms with van der Waals surface area (Å²) < 4.78 is 19.0. The molecule has 1 atom stereocenters. The van der Waals surface area contributed by atoms with E-state index < -0.39 is 0 Å². The van der Waals surface area contributed by atoms with E-state index in [1.165, 1.54) is 6.07 Å². The summed E-state index contributed by atoms with van der Waals surface area (Å²) in [6.07, 6.45) is 3.56. The number of pyridine rings is 1. The van der Waals surface area contributed by atoms with Crippen molar-refractivity contribution in [3.63, 3.8) is 0 Å². The van der Waals surface area contributed by atoms with Crippen LogP contribution in [0.4, 0.5) is 4.39 Å². The summed E-state index contributed by atoms with van der Waals surface area (Å²) >= 11 is 0. The molecule has 1 aliphatic rings. The van der Waals surface area contributed by atoms with Crippen LogP contribution in [0.25, 0.3) is 0 Å². The van der Waals surface area contributed by atoms with E-state index >= 15 is 0 Å². The Labute approximate surface area is 95.0 Å². The average Bonchev–Trinajstić information content (AvgIpc) is 2.34. The maximum atomic E-state index is 13.6. The first-order valence-electron chi connectivity index (χ1n) is 5.68. The maximum Gasteiger partial charge on any atom is 0.146 e. The van der Waals surface area contributed by atoms with Gasteiger partial charge in [0.05, 0.1) is 11.7 Å². The second-order valence-corrected chi connectivity index (χ2v) is 4.09. The van der Waals surface area contributed by atoms with Crippen molar-refractivity contribution in [2.75, 3.05) is 20.3 Å². The molecule has 4 heteroatoms. The molecule has 0 saturated carbocycles. The molecule has 0 spiro atoms. The molecule has 0 amide bonds. The molecule has 0 radical (unpaired) electrons. The van der Waals surface area contributed by atoms with Crippen LogP contribution in [0.15, 0.2) is 18.3 Å². The van der Waals surface area contributed by atoms with Crippen LogP contribution in [0, 0.1) is 11.7 Å². The van der Waals surface area contributed by atoms with Crippen molar-refractivity contribution in [2.45, 2.75) is 18.9 Å². The van der Waals surface area contributed by atoms with E-state index in [1.807, 2.05) is 7.05 Å². The zero-order valence-corrected chi connectivity index (χ0v) is 9.45. The lowest BCUT2D eigenvalue weighted by Crippen LogP contribution is -2.31. The summed E-state index contributed by atoms with van der Waals surface area (Å²) in [6, 6.07) is 3.08. The summed E-state index contributed by atoms with van der Waals surface area (Å²) in [4.78, 5) is 4.15. The monoisotopic (exact) mass is 224 g/mol. The van der Waals surface area contributed by atoms with Gasteiger partial charge in [-0.2, -0.15) is 0 Å². The molecule has 0 aromatic carbocycles. The highest BCUT2D eigenvalue weighted by molar-refractivity contribution is 5.12. The van der Waals surface area contributed by atoms with Crippen molar-refractivity contribution in [1.29, 1.82) is 0 Å². The lowest BCUT2D eigenvalue weighted by molar-refractivity contribution is 0.0536. The molecule has 1 fully saturated rings. The molecular weight excluding hydrogens is 207 g/mol. The number of hydrogen-bond donors (Lipinski definition) is 1. The summed E-state index contributed by atoms with van der Waals surface area (Å²) in [5.41, 5.74) is 0.525. The van der Waals surface area contributed by atoms with E-state index in [0.717, 1.165) is 26.1 Å². The van der Waals surface area contributed by atoms with Gasteiger partial charge in [-0.05, 0) is 37.9 Å². The molecule has 1 unspecified atom stereocenters. The molecule has 2 rings (SSSR count). The minimum absolute atomic E-state index is 0.00917. The molecule has 16 heavy (non-hydrogen) atoms. The van der Waals surface area contributed by atoms with Gasteiger partial charge in [-0.1, -0.05) is 0 Å². The maximum absolute atomic E-state index is 13.6. The van der Waals surface area contributed by atoms with Crippen LogP contribution in [0.5, 0.6) is 0 Å². The Morgan fingerprint density at radius 2 is 2.25 bits per heavy atom. The largest absolute Gasteiger partial charge is 0.381 e. The minimum Gasteiger partial charge on any atom is -0.381 e. The third kappa shape index (κ3) is 2.39. The molecule has 1 aromatic rings. The topological polar surface area (TPSA) is 34.2 Å². The highest BCUT2D eigenvalue weighted by Gasteiger charge is 2.26. The Morgan fingerprint density at radius 1 is 1.50 bits per heavy atom. The summed E-state index contributed by atoms with van der Waals surface area (Å²) in [7, 11) is 1.86. The normalized spacial score (nSPS) is 19.6. The van der Waals surface area contributed by atoms with E-state index in [-0.39, 0.29) is 11.9 Å². The highest BCUT2D eigenvalue weighted by atomic mass is 19.1. The highest BCUT2D eigenvalue weighted by Crippen LogP contribution is 2.29. The summed E-state index contributed by atoms with van der Waals surface area (Å²) in [5.74, 6) is 0.177. The van der Waals surface area contributed by atoms with Crippen LogP contribution in [-0.2, 0) is 4.74 Å². The van der Waals surface area contributed by atoms with Crippen LogP contribution < -0.4 is 5.32 Å². The average molecular weight is 224 g/mol. The van der Waals surface area contributed by atoms with Gasteiger partial charge in [-0.15, -0.1) is 0 Å². The van der Waals surface area contributed by atoms with E-state index in [9.17, 15) is 4.39 Å². The van der Waals surface area contributed by atoms with Crippen LogP contribution in [-0.4, -0.2) is 25.2 Å². The second kappa shape index (κ2) is 5.37. The van der Waals surface area contributed by atoms with Gasteiger partial charge in [0.15, 0.2) is 0 Å². The quantitative estimate of drug-likeness (QED) is 0.851. The smallest absolute Gasteiger partial charge is 0.146 e. The molecule has 2 heterocycles. The van der Waals surface area contributed by atoms with Crippen molar-refractivity contribution < 1.29 is 9.13 Å². The van der Waals surface area contributed by atoms with Crippen molar-refractivity contribution in [3.8, 4) is 0 Å². The first-order chi connectivity index (χ1) is 7.83. The molecule has 0 aliphatic carbocycles. The number of aromatic nitrogens is 1. The fourth-order valence-corrected chi connectivity index (χ4v) is 2.27. The summed E-state index contributed by atoms with van der Waals surface area (Å²) in [6.45, 7) is 1.52. The van der Waals surface area contributed by atoms with Gasteiger partial charge in [-0.25, -0.2) is 4.39 Å². The number of ether oxygens (including phenoxy) is 1. The molecule has 3 nitrogen and oxygen atoms in total. The van der Waals surface area contributed by atoms with Gasteiger partial charge in [0.25, 0.3) is 0 Å². The van der Waals surface area contributed by atoms with E-state index in [0.29, 0.717) is 11.6 Å². The third-order valence-electron chi connectivity index (χ3n) is 3.13. The Hall–Kier alpha value is -1.00.